The van der Waals surface area contributed by atoms with Gasteiger partial charge in [0.15, 0.2) is 0 Å². The van der Waals surface area contributed by atoms with Crippen LogP contribution in [0.25, 0.3) is 22.2 Å². The van der Waals surface area contributed by atoms with Crippen LogP contribution in [-0.2, 0) is 4.74 Å². The van der Waals surface area contributed by atoms with E-state index in [-0.39, 0.29) is 11.5 Å². The van der Waals surface area contributed by atoms with E-state index in [2.05, 4.69) is 42.9 Å². The number of nitrogens with zero attached hydrogens (tertiary/aromatic N) is 3. The number of fused-ring (bicyclic) bond motifs is 1. The van der Waals surface area contributed by atoms with Crippen LogP contribution >= 0.6 is 11.6 Å². The second-order valence-corrected chi connectivity index (χ2v) is 10.6. The van der Waals surface area contributed by atoms with Gasteiger partial charge in [-0.15, -0.1) is 11.6 Å². The summed E-state index contributed by atoms with van der Waals surface area (Å²) in [5, 5.41) is 3.94. The van der Waals surface area contributed by atoms with Gasteiger partial charge in [0.25, 0.3) is 0 Å². The Labute approximate surface area is 213 Å². The molecule has 178 valence electrons. The van der Waals surface area contributed by atoms with Crippen LogP contribution in [0, 0.1) is 0 Å². The number of rotatable bonds is 5. The molecule has 2 saturated carbocycles. The van der Waals surface area contributed by atoms with Crippen LogP contribution in [0.15, 0.2) is 30.7 Å². The second kappa shape index (κ2) is 10.2. The van der Waals surface area contributed by atoms with Crippen molar-refractivity contribution in [2.75, 3.05) is 12.4 Å². The molecular formula is C25H28AsClN4O3. The Hall–Kier alpha value is -2.24. The first-order valence-electron chi connectivity index (χ1n) is 11.9. The molecule has 34 heavy (non-hydrogen) atoms. The van der Waals surface area contributed by atoms with E-state index in [4.69, 9.17) is 21.1 Å². The molecule has 1 aromatic carbocycles. The van der Waals surface area contributed by atoms with Gasteiger partial charge in [0.05, 0.1) is 0 Å². The molecule has 5 rings (SSSR count). The van der Waals surface area contributed by atoms with Gasteiger partial charge in [0.1, 0.15) is 0 Å². The number of nitrogens with one attached hydrogen (secondary N) is 1. The first-order valence-corrected chi connectivity index (χ1v) is 13.3. The standard InChI is InChI=1S/C25H28AsClN4O3/c1-33-21-11-15(9-10-20(21)30-25(32)34-18-8-4-5-16(27)12-18)19-13-31(17-6-2-3-7-17)24-22(19)23(26)28-14-29-24/h9-11,13-14,16-18H,2-8,12H2,1H3,(H,30,32). The third-order valence-corrected chi connectivity index (χ3v) is 8.00. The topological polar surface area (TPSA) is 78.3 Å². The third-order valence-electron chi connectivity index (χ3n) is 6.89. The van der Waals surface area contributed by atoms with E-state index in [1.54, 1.807) is 13.4 Å². The van der Waals surface area contributed by atoms with Crippen LogP contribution in [0.5, 0.6) is 5.75 Å². The van der Waals surface area contributed by atoms with Crippen molar-refractivity contribution < 1.29 is 14.3 Å². The first kappa shape index (κ1) is 23.5. The van der Waals surface area contributed by atoms with Gasteiger partial charge in [0.2, 0.25) is 0 Å². The zero-order chi connectivity index (χ0) is 23.7. The molecule has 1 amide bonds. The molecule has 2 aliphatic rings. The summed E-state index contributed by atoms with van der Waals surface area (Å²) in [7, 11) is 1.60. The van der Waals surface area contributed by atoms with Gasteiger partial charge in [-0.25, -0.2) is 0 Å². The average molecular weight is 543 g/mol. The number of anilines is 1. The molecule has 0 aliphatic heterocycles. The van der Waals surface area contributed by atoms with Gasteiger partial charge in [-0.1, -0.05) is 0 Å². The zero-order valence-electron chi connectivity index (χ0n) is 19.2. The molecule has 2 heterocycles. The number of ether oxygens (including phenoxy) is 2. The minimum Gasteiger partial charge on any atom is -0.123 e. The molecule has 2 atom stereocenters. The van der Waals surface area contributed by atoms with E-state index < -0.39 is 6.09 Å². The van der Waals surface area contributed by atoms with E-state index in [1.807, 2.05) is 18.2 Å². The van der Waals surface area contributed by atoms with Gasteiger partial charge in [-0.2, -0.15) is 0 Å². The minimum atomic E-state index is -0.485. The number of carbonyl (C=O) groups is 1. The number of alkyl halides is 1. The van der Waals surface area contributed by atoms with Crippen molar-refractivity contribution in [2.45, 2.75) is 68.9 Å². The van der Waals surface area contributed by atoms with E-state index in [9.17, 15) is 4.79 Å². The van der Waals surface area contributed by atoms with E-state index in [0.717, 1.165) is 45.9 Å². The maximum atomic E-state index is 12.5. The Morgan fingerprint density at radius 3 is 2.76 bits per heavy atom. The molecule has 1 N–H and O–H groups in total. The smallest absolute Gasteiger partial charge is 0.123 e. The third kappa shape index (κ3) is 4.78. The molecule has 7 nitrogen and oxygen atoms in total. The van der Waals surface area contributed by atoms with Crippen molar-refractivity contribution in [3.8, 4) is 16.9 Å². The summed E-state index contributed by atoms with van der Waals surface area (Å²) in [6.45, 7) is 0. The van der Waals surface area contributed by atoms with Gasteiger partial charge in [0, 0.05) is 5.38 Å². The first-order chi connectivity index (χ1) is 16.5. The Kier molecular flexibility index (Phi) is 7.03. The normalized spacial score (nSPS) is 21.0. The molecule has 0 saturated heterocycles. The van der Waals surface area contributed by atoms with Crippen molar-refractivity contribution >= 4 is 55.7 Å². The summed E-state index contributed by atoms with van der Waals surface area (Å²) in [6.07, 6.45) is 11.5. The maximum absolute atomic E-state index is 12.5. The quantitative estimate of drug-likeness (QED) is 0.358. The molecule has 2 fully saturated rings. The number of methoxy groups -OCH3 is 1. The number of hydrogen-bond donors (Lipinski definition) is 1. The van der Waals surface area contributed by atoms with Crippen LogP contribution in [0.4, 0.5) is 10.5 Å². The van der Waals surface area contributed by atoms with Gasteiger partial charge >= 0.3 is 184 Å². The Morgan fingerprint density at radius 1 is 1.18 bits per heavy atom. The van der Waals surface area contributed by atoms with E-state index >= 15 is 0 Å². The van der Waals surface area contributed by atoms with Crippen molar-refractivity contribution in [2.24, 2.45) is 0 Å². The number of benzene rings is 1. The predicted molar refractivity (Wildman–Crippen MR) is 134 cm³/mol. The van der Waals surface area contributed by atoms with Crippen LogP contribution < -0.4 is 14.5 Å². The summed E-state index contributed by atoms with van der Waals surface area (Å²) in [4.78, 5) is 21.6. The molecule has 2 unspecified atom stereocenters. The zero-order valence-corrected chi connectivity index (χ0v) is 21.8. The van der Waals surface area contributed by atoms with Crippen molar-refractivity contribution in [1.29, 1.82) is 0 Å². The van der Waals surface area contributed by atoms with Crippen LogP contribution in [-0.4, -0.2) is 56.1 Å². The molecule has 2 aliphatic carbocycles. The number of halogens is 1. The summed E-state index contributed by atoms with van der Waals surface area (Å²) in [6, 6.07) is 6.25. The monoisotopic (exact) mass is 542 g/mol. The SMILES string of the molecule is COc1cc(-c2cn(C3CCCC3)c3ncnc([As])c23)ccc1NC(=O)OC1CCCC(Cl)C1. The number of carbonyl (C=O) groups excluding carboxylic acids is 1. The summed E-state index contributed by atoms with van der Waals surface area (Å²) >= 11 is 8.78. The van der Waals surface area contributed by atoms with Gasteiger partial charge in [-0.3, -0.25) is 0 Å². The van der Waals surface area contributed by atoms with E-state index in [1.165, 1.54) is 25.7 Å². The molecule has 2 radical (unpaired) electrons. The fourth-order valence-corrected chi connectivity index (χ4v) is 6.12. The van der Waals surface area contributed by atoms with Crippen molar-refractivity contribution in [1.82, 2.24) is 14.5 Å². The Balaban J connectivity index is 1.42. The fraction of sp³-hybridized carbons (Fsp3) is 0.480. The summed E-state index contributed by atoms with van der Waals surface area (Å²) in [5.41, 5.74) is 3.57. The van der Waals surface area contributed by atoms with Crippen LogP contribution in [0.3, 0.4) is 0 Å². The molecule has 2 aromatic heterocycles. The van der Waals surface area contributed by atoms with Gasteiger partial charge in [-0.05, 0) is 12.8 Å². The summed E-state index contributed by atoms with van der Waals surface area (Å²) < 4.78 is 14.4. The number of hydrogen-bond acceptors (Lipinski definition) is 5. The summed E-state index contributed by atoms with van der Waals surface area (Å²) in [5.74, 6) is 0.569. The van der Waals surface area contributed by atoms with Crippen molar-refractivity contribution in [3.05, 3.63) is 30.7 Å². The van der Waals surface area contributed by atoms with Crippen LogP contribution in [0.2, 0.25) is 0 Å². The second-order valence-electron chi connectivity index (χ2n) is 9.12. The van der Waals surface area contributed by atoms with Crippen LogP contribution in [0.1, 0.15) is 57.4 Å². The Morgan fingerprint density at radius 2 is 2.00 bits per heavy atom. The Bertz CT molecular complexity index is 1190. The molecule has 3 aromatic rings. The number of amides is 1. The number of aromatic nitrogens is 3. The fourth-order valence-electron chi connectivity index (χ4n) is 5.20. The molecule has 9 heteroatoms. The molecule has 0 bridgehead atoms. The van der Waals surface area contributed by atoms with Crippen molar-refractivity contribution in [3.63, 3.8) is 0 Å². The van der Waals surface area contributed by atoms with Gasteiger partial charge < -0.3 is 0 Å². The molecular weight excluding hydrogens is 515 g/mol. The average Bonchev–Trinajstić information content (AvgIpc) is 3.48. The predicted octanol–water partition coefficient (Wildman–Crippen LogP) is 5.11. The minimum absolute atomic E-state index is 0.0674. The van der Waals surface area contributed by atoms with E-state index in [0.29, 0.717) is 23.9 Å². The molecule has 0 spiro atoms.